The molecule has 12 heavy (non-hydrogen) atoms. The standard InChI is InChI=1S/C10H15NO/c1-3-7-11-9(5-1)10-6-2-4-8-12-10/h2,4,6,8-11H,1,3,5,7H2. The summed E-state index contributed by atoms with van der Waals surface area (Å²) >= 11 is 0. The van der Waals surface area contributed by atoms with Crippen LogP contribution in [0.2, 0.25) is 0 Å². The molecule has 0 aromatic heterocycles. The Morgan fingerprint density at radius 3 is 2.92 bits per heavy atom. The molecule has 2 aliphatic heterocycles. The molecule has 2 heterocycles. The molecule has 0 saturated carbocycles. The van der Waals surface area contributed by atoms with Gasteiger partial charge in [0.1, 0.15) is 6.10 Å². The third-order valence-electron chi connectivity index (χ3n) is 2.47. The van der Waals surface area contributed by atoms with Crippen LogP contribution in [0.4, 0.5) is 0 Å². The molecule has 0 radical (unpaired) electrons. The van der Waals surface area contributed by atoms with Gasteiger partial charge in [-0.2, -0.15) is 0 Å². The van der Waals surface area contributed by atoms with Gasteiger partial charge in [0.05, 0.1) is 6.26 Å². The lowest BCUT2D eigenvalue weighted by Gasteiger charge is -2.29. The lowest BCUT2D eigenvalue weighted by molar-refractivity contribution is 0.127. The molecule has 0 aliphatic carbocycles. The fraction of sp³-hybridized carbons (Fsp3) is 0.600. The molecule has 1 N–H and O–H groups in total. The first-order valence-electron chi connectivity index (χ1n) is 4.69. The number of allylic oxidation sites excluding steroid dienone is 2. The SMILES string of the molecule is C1=COC(C2CCCCN2)C=C1. The van der Waals surface area contributed by atoms with Gasteiger partial charge in [-0.05, 0) is 31.5 Å². The number of piperidine rings is 1. The largest absolute Gasteiger partial charge is 0.492 e. The summed E-state index contributed by atoms with van der Waals surface area (Å²) in [5.74, 6) is 0. The van der Waals surface area contributed by atoms with Gasteiger partial charge in [0.2, 0.25) is 0 Å². The molecular formula is C10H15NO. The molecule has 0 amide bonds. The maximum Gasteiger partial charge on any atom is 0.131 e. The summed E-state index contributed by atoms with van der Waals surface area (Å²) in [6.07, 6.45) is 12.0. The first-order chi connectivity index (χ1) is 5.97. The first kappa shape index (κ1) is 7.87. The van der Waals surface area contributed by atoms with E-state index in [2.05, 4.69) is 17.5 Å². The maximum absolute atomic E-state index is 5.49. The van der Waals surface area contributed by atoms with Crippen LogP contribution in [-0.2, 0) is 4.74 Å². The Labute approximate surface area is 73.3 Å². The molecule has 2 rings (SSSR count). The van der Waals surface area contributed by atoms with Gasteiger partial charge < -0.3 is 10.1 Å². The van der Waals surface area contributed by atoms with E-state index in [4.69, 9.17) is 4.74 Å². The monoisotopic (exact) mass is 165 g/mol. The molecule has 1 saturated heterocycles. The van der Waals surface area contributed by atoms with Crippen molar-refractivity contribution in [1.82, 2.24) is 5.32 Å². The molecule has 0 bridgehead atoms. The van der Waals surface area contributed by atoms with Crippen LogP contribution in [0.25, 0.3) is 0 Å². The smallest absolute Gasteiger partial charge is 0.131 e. The van der Waals surface area contributed by atoms with Crippen LogP contribution in [0, 0.1) is 0 Å². The van der Waals surface area contributed by atoms with E-state index in [0.29, 0.717) is 6.04 Å². The quantitative estimate of drug-likeness (QED) is 0.637. The number of hydrogen-bond acceptors (Lipinski definition) is 2. The summed E-state index contributed by atoms with van der Waals surface area (Å²) in [6, 6.07) is 0.528. The van der Waals surface area contributed by atoms with E-state index in [0.717, 1.165) is 6.54 Å². The van der Waals surface area contributed by atoms with Gasteiger partial charge in [-0.25, -0.2) is 0 Å². The number of nitrogens with one attached hydrogen (secondary N) is 1. The summed E-state index contributed by atoms with van der Waals surface area (Å²) < 4.78 is 5.49. The first-order valence-corrected chi connectivity index (χ1v) is 4.69. The highest BCUT2D eigenvalue weighted by molar-refractivity contribution is 5.10. The van der Waals surface area contributed by atoms with Crippen molar-refractivity contribution in [3.8, 4) is 0 Å². The zero-order valence-electron chi connectivity index (χ0n) is 7.20. The highest BCUT2D eigenvalue weighted by Crippen LogP contribution is 2.15. The van der Waals surface area contributed by atoms with Gasteiger partial charge in [-0.3, -0.25) is 0 Å². The van der Waals surface area contributed by atoms with Crippen LogP contribution in [-0.4, -0.2) is 18.7 Å². The van der Waals surface area contributed by atoms with E-state index in [9.17, 15) is 0 Å². The Kier molecular flexibility index (Phi) is 2.47. The van der Waals surface area contributed by atoms with Crippen LogP contribution in [0.1, 0.15) is 19.3 Å². The average molecular weight is 165 g/mol. The predicted molar refractivity (Wildman–Crippen MR) is 48.8 cm³/mol. The van der Waals surface area contributed by atoms with Crippen LogP contribution in [0.15, 0.2) is 24.5 Å². The highest BCUT2D eigenvalue weighted by Gasteiger charge is 2.21. The summed E-state index contributed by atoms with van der Waals surface area (Å²) in [7, 11) is 0. The summed E-state index contributed by atoms with van der Waals surface area (Å²) in [5.41, 5.74) is 0. The van der Waals surface area contributed by atoms with Gasteiger partial charge in [0.25, 0.3) is 0 Å². The van der Waals surface area contributed by atoms with Crippen LogP contribution in [0.5, 0.6) is 0 Å². The Morgan fingerprint density at radius 2 is 2.25 bits per heavy atom. The molecule has 0 spiro atoms. The second kappa shape index (κ2) is 3.76. The van der Waals surface area contributed by atoms with Crippen molar-refractivity contribution < 1.29 is 4.74 Å². The Bertz CT molecular complexity index is 192. The normalized spacial score (nSPS) is 34.7. The second-order valence-electron chi connectivity index (χ2n) is 3.37. The molecule has 2 aliphatic rings. The lowest BCUT2D eigenvalue weighted by Crippen LogP contribution is -2.43. The fourth-order valence-electron chi connectivity index (χ4n) is 1.79. The molecule has 2 nitrogen and oxygen atoms in total. The van der Waals surface area contributed by atoms with Crippen molar-refractivity contribution in [2.45, 2.75) is 31.4 Å². The summed E-state index contributed by atoms with van der Waals surface area (Å²) in [5, 5.41) is 3.48. The highest BCUT2D eigenvalue weighted by atomic mass is 16.5. The van der Waals surface area contributed by atoms with Gasteiger partial charge in [-0.1, -0.05) is 12.5 Å². The number of hydrogen-bond donors (Lipinski definition) is 1. The second-order valence-corrected chi connectivity index (χ2v) is 3.37. The molecule has 2 atom stereocenters. The Balaban J connectivity index is 1.90. The van der Waals surface area contributed by atoms with Crippen LogP contribution >= 0.6 is 0 Å². The lowest BCUT2D eigenvalue weighted by atomic mass is 9.99. The molecule has 0 aromatic carbocycles. The fourth-order valence-corrected chi connectivity index (χ4v) is 1.79. The maximum atomic E-state index is 5.49. The van der Waals surface area contributed by atoms with Gasteiger partial charge in [0.15, 0.2) is 0 Å². The van der Waals surface area contributed by atoms with Crippen molar-refractivity contribution in [1.29, 1.82) is 0 Å². The van der Waals surface area contributed by atoms with Crippen LogP contribution < -0.4 is 5.32 Å². The number of rotatable bonds is 1. The van der Waals surface area contributed by atoms with E-state index in [1.165, 1.54) is 19.3 Å². The zero-order chi connectivity index (χ0) is 8.23. The van der Waals surface area contributed by atoms with Crippen molar-refractivity contribution in [3.05, 3.63) is 24.5 Å². The van der Waals surface area contributed by atoms with Gasteiger partial charge in [0, 0.05) is 6.04 Å². The predicted octanol–water partition coefficient (Wildman–Crippen LogP) is 1.60. The van der Waals surface area contributed by atoms with Crippen molar-refractivity contribution in [2.75, 3.05) is 6.54 Å². The van der Waals surface area contributed by atoms with Crippen molar-refractivity contribution in [3.63, 3.8) is 0 Å². The minimum absolute atomic E-state index is 0.260. The van der Waals surface area contributed by atoms with Crippen molar-refractivity contribution in [2.24, 2.45) is 0 Å². The van der Waals surface area contributed by atoms with E-state index in [1.807, 2.05) is 6.08 Å². The van der Waals surface area contributed by atoms with Gasteiger partial charge >= 0.3 is 0 Å². The molecule has 2 heteroatoms. The molecule has 66 valence electrons. The Morgan fingerprint density at radius 1 is 1.25 bits per heavy atom. The zero-order valence-corrected chi connectivity index (χ0v) is 7.20. The van der Waals surface area contributed by atoms with E-state index >= 15 is 0 Å². The molecule has 0 aromatic rings. The van der Waals surface area contributed by atoms with Crippen molar-refractivity contribution >= 4 is 0 Å². The average Bonchev–Trinajstić information content (AvgIpc) is 2.21. The van der Waals surface area contributed by atoms with E-state index in [1.54, 1.807) is 6.26 Å². The van der Waals surface area contributed by atoms with Gasteiger partial charge in [-0.15, -0.1) is 0 Å². The minimum Gasteiger partial charge on any atom is -0.492 e. The third-order valence-corrected chi connectivity index (χ3v) is 2.47. The third kappa shape index (κ3) is 1.69. The van der Waals surface area contributed by atoms with E-state index < -0.39 is 0 Å². The molecule has 1 fully saturated rings. The Hall–Kier alpha value is -0.760. The topological polar surface area (TPSA) is 21.3 Å². The minimum atomic E-state index is 0.260. The number of ether oxygens (including phenoxy) is 1. The summed E-state index contributed by atoms with van der Waals surface area (Å²) in [6.45, 7) is 1.14. The summed E-state index contributed by atoms with van der Waals surface area (Å²) in [4.78, 5) is 0. The molecular weight excluding hydrogens is 150 g/mol. The van der Waals surface area contributed by atoms with Crippen LogP contribution in [0.3, 0.4) is 0 Å². The van der Waals surface area contributed by atoms with E-state index in [-0.39, 0.29) is 6.10 Å². The molecule has 2 unspecified atom stereocenters.